The van der Waals surface area contributed by atoms with E-state index in [1.54, 1.807) is 49.4 Å². The molecule has 0 spiro atoms. The van der Waals surface area contributed by atoms with Crippen LogP contribution in [0.2, 0.25) is 15.1 Å². The van der Waals surface area contributed by atoms with Crippen LogP contribution in [-0.4, -0.2) is 35.4 Å². The molecule has 0 heterocycles. The van der Waals surface area contributed by atoms with Gasteiger partial charge in [-0.2, -0.15) is 0 Å². The van der Waals surface area contributed by atoms with Crippen LogP contribution in [0.3, 0.4) is 0 Å². The smallest absolute Gasteiger partial charge is 0.261 e. The quantitative estimate of drug-likeness (QED) is 0.494. The maximum absolute atomic E-state index is 13.1. The summed E-state index contributed by atoms with van der Waals surface area (Å²) in [7, 11) is 0. The molecular formula is C24H27Cl3N2O3. The summed E-state index contributed by atoms with van der Waals surface area (Å²) in [6, 6.07) is 11.4. The summed E-state index contributed by atoms with van der Waals surface area (Å²) in [5, 5.41) is 4.52. The first-order valence-corrected chi connectivity index (χ1v) is 11.9. The number of carbonyl (C=O) groups excluding carboxylic acids is 2. The monoisotopic (exact) mass is 496 g/mol. The SMILES string of the molecule is C[C@H](C(=O)NC1CCCCC1)N(Cc1ccc(Cl)c(Cl)c1)C(=O)COc1ccc(Cl)cc1. The van der Waals surface area contributed by atoms with Crippen LogP contribution in [0.25, 0.3) is 0 Å². The maximum Gasteiger partial charge on any atom is 0.261 e. The van der Waals surface area contributed by atoms with Crippen molar-refractivity contribution in [1.82, 2.24) is 10.2 Å². The Hall–Kier alpha value is -1.95. The van der Waals surface area contributed by atoms with Crippen molar-refractivity contribution in [2.75, 3.05) is 6.61 Å². The molecule has 1 N–H and O–H groups in total. The van der Waals surface area contributed by atoms with Gasteiger partial charge in [-0.15, -0.1) is 0 Å². The average molecular weight is 498 g/mol. The minimum absolute atomic E-state index is 0.158. The van der Waals surface area contributed by atoms with Crippen molar-refractivity contribution in [3.63, 3.8) is 0 Å². The molecule has 5 nitrogen and oxygen atoms in total. The standard InChI is InChI=1S/C24H27Cl3N2O3/c1-16(24(31)28-19-5-3-2-4-6-19)29(14-17-7-12-21(26)22(27)13-17)23(30)15-32-20-10-8-18(25)9-11-20/h7-13,16,19H,2-6,14-15H2,1H3,(H,28,31)/t16-/m1/s1. The van der Waals surface area contributed by atoms with Gasteiger partial charge >= 0.3 is 0 Å². The molecule has 1 aliphatic rings. The minimum Gasteiger partial charge on any atom is -0.484 e. The van der Waals surface area contributed by atoms with Gasteiger partial charge in [-0.3, -0.25) is 9.59 Å². The number of halogens is 3. The lowest BCUT2D eigenvalue weighted by Gasteiger charge is -2.31. The molecule has 32 heavy (non-hydrogen) atoms. The van der Waals surface area contributed by atoms with Crippen molar-refractivity contribution in [3.8, 4) is 5.75 Å². The summed E-state index contributed by atoms with van der Waals surface area (Å²) < 4.78 is 5.64. The van der Waals surface area contributed by atoms with E-state index in [2.05, 4.69) is 5.32 Å². The number of hydrogen-bond donors (Lipinski definition) is 1. The molecule has 2 aromatic carbocycles. The Bertz CT molecular complexity index is 931. The van der Waals surface area contributed by atoms with Crippen LogP contribution >= 0.6 is 34.8 Å². The molecule has 0 bridgehead atoms. The Morgan fingerprint density at radius 1 is 1.03 bits per heavy atom. The summed E-state index contributed by atoms with van der Waals surface area (Å²) in [6.07, 6.45) is 5.37. The first kappa shape index (κ1) is 24.7. The molecule has 1 fully saturated rings. The Morgan fingerprint density at radius 2 is 1.72 bits per heavy atom. The van der Waals surface area contributed by atoms with Gasteiger partial charge in [0.25, 0.3) is 5.91 Å². The van der Waals surface area contributed by atoms with Gasteiger partial charge in [0.05, 0.1) is 10.0 Å². The highest BCUT2D eigenvalue weighted by Gasteiger charge is 2.28. The van der Waals surface area contributed by atoms with Crippen LogP contribution in [0.1, 0.15) is 44.6 Å². The van der Waals surface area contributed by atoms with Crippen molar-refractivity contribution in [3.05, 3.63) is 63.1 Å². The van der Waals surface area contributed by atoms with Gasteiger partial charge in [0.15, 0.2) is 6.61 Å². The fourth-order valence-corrected chi connectivity index (χ4v) is 4.19. The van der Waals surface area contributed by atoms with Crippen molar-refractivity contribution in [2.24, 2.45) is 0 Å². The molecule has 1 aliphatic carbocycles. The molecule has 3 rings (SSSR count). The second-order valence-corrected chi connectivity index (χ2v) is 9.28. The largest absolute Gasteiger partial charge is 0.484 e. The second kappa shape index (κ2) is 11.8. The Balaban J connectivity index is 1.72. The molecule has 2 aromatic rings. The van der Waals surface area contributed by atoms with Gasteiger partial charge in [-0.05, 0) is 61.7 Å². The number of benzene rings is 2. The molecule has 1 saturated carbocycles. The molecule has 0 radical (unpaired) electrons. The fourth-order valence-electron chi connectivity index (χ4n) is 3.74. The topological polar surface area (TPSA) is 58.6 Å². The number of nitrogens with one attached hydrogen (secondary N) is 1. The molecule has 0 unspecified atom stereocenters. The second-order valence-electron chi connectivity index (χ2n) is 8.03. The van der Waals surface area contributed by atoms with Crippen LogP contribution in [0, 0.1) is 0 Å². The van der Waals surface area contributed by atoms with Gasteiger partial charge in [0, 0.05) is 17.6 Å². The average Bonchev–Trinajstić information content (AvgIpc) is 2.79. The van der Waals surface area contributed by atoms with Crippen molar-refractivity contribution >= 4 is 46.6 Å². The van der Waals surface area contributed by atoms with E-state index in [0.29, 0.717) is 20.8 Å². The lowest BCUT2D eigenvalue weighted by molar-refractivity contribution is -0.142. The normalized spacial score (nSPS) is 15.1. The van der Waals surface area contributed by atoms with Gasteiger partial charge in [-0.1, -0.05) is 60.1 Å². The van der Waals surface area contributed by atoms with E-state index in [1.165, 1.54) is 11.3 Å². The van der Waals surface area contributed by atoms with Gasteiger partial charge in [-0.25, -0.2) is 0 Å². The summed E-state index contributed by atoms with van der Waals surface area (Å²) in [5.41, 5.74) is 0.775. The molecule has 8 heteroatoms. The predicted molar refractivity (Wildman–Crippen MR) is 128 cm³/mol. The molecule has 0 aliphatic heterocycles. The van der Waals surface area contributed by atoms with Crippen molar-refractivity contribution in [1.29, 1.82) is 0 Å². The number of ether oxygens (including phenoxy) is 1. The Kier molecular flexibility index (Phi) is 9.09. The van der Waals surface area contributed by atoms with Gasteiger partial charge < -0.3 is 15.0 Å². The highest BCUT2D eigenvalue weighted by molar-refractivity contribution is 6.42. The molecule has 2 amide bonds. The number of carbonyl (C=O) groups is 2. The van der Waals surface area contributed by atoms with Gasteiger partial charge in [0.1, 0.15) is 11.8 Å². The fraction of sp³-hybridized carbons (Fsp3) is 0.417. The van der Waals surface area contributed by atoms with E-state index in [-0.39, 0.29) is 31.0 Å². The molecule has 172 valence electrons. The Labute approximate surface area is 204 Å². The van der Waals surface area contributed by atoms with Gasteiger partial charge in [0.2, 0.25) is 5.91 Å². The lowest BCUT2D eigenvalue weighted by atomic mass is 9.95. The number of rotatable bonds is 8. The van der Waals surface area contributed by atoms with Crippen LogP contribution in [0.4, 0.5) is 0 Å². The number of hydrogen-bond acceptors (Lipinski definition) is 3. The summed E-state index contributed by atoms with van der Waals surface area (Å²) in [6.45, 7) is 1.73. The third-order valence-electron chi connectivity index (χ3n) is 5.63. The van der Waals surface area contributed by atoms with Crippen molar-refractivity contribution in [2.45, 2.75) is 57.7 Å². The van der Waals surface area contributed by atoms with E-state index in [4.69, 9.17) is 39.5 Å². The lowest BCUT2D eigenvalue weighted by Crippen LogP contribution is -2.51. The molecular weight excluding hydrogens is 471 g/mol. The first-order valence-electron chi connectivity index (χ1n) is 10.8. The van der Waals surface area contributed by atoms with Crippen LogP contribution in [-0.2, 0) is 16.1 Å². The number of amides is 2. The molecule has 0 aromatic heterocycles. The van der Waals surface area contributed by atoms with Crippen LogP contribution in [0.15, 0.2) is 42.5 Å². The summed E-state index contributed by atoms with van der Waals surface area (Å²) in [4.78, 5) is 27.6. The van der Waals surface area contributed by atoms with E-state index >= 15 is 0 Å². The summed E-state index contributed by atoms with van der Waals surface area (Å²) in [5.74, 6) is 0.0469. The van der Waals surface area contributed by atoms with E-state index in [0.717, 1.165) is 31.2 Å². The zero-order valence-electron chi connectivity index (χ0n) is 18.0. The number of nitrogens with zero attached hydrogens (tertiary/aromatic N) is 1. The maximum atomic E-state index is 13.1. The van der Waals surface area contributed by atoms with E-state index in [9.17, 15) is 9.59 Å². The van der Waals surface area contributed by atoms with Crippen LogP contribution < -0.4 is 10.1 Å². The highest BCUT2D eigenvalue weighted by atomic mass is 35.5. The first-order chi connectivity index (χ1) is 15.3. The molecule has 0 saturated heterocycles. The minimum atomic E-state index is -0.673. The predicted octanol–water partition coefficient (Wildman–Crippen LogP) is 5.89. The zero-order chi connectivity index (χ0) is 23.1. The van der Waals surface area contributed by atoms with E-state index < -0.39 is 6.04 Å². The zero-order valence-corrected chi connectivity index (χ0v) is 20.2. The van der Waals surface area contributed by atoms with E-state index in [1.807, 2.05) is 0 Å². The van der Waals surface area contributed by atoms with Crippen LogP contribution in [0.5, 0.6) is 5.75 Å². The summed E-state index contributed by atoms with van der Waals surface area (Å²) >= 11 is 18.1. The van der Waals surface area contributed by atoms with Crippen molar-refractivity contribution < 1.29 is 14.3 Å². The Morgan fingerprint density at radius 3 is 2.38 bits per heavy atom. The molecule has 1 atom stereocenters. The third kappa shape index (κ3) is 7.03. The third-order valence-corrected chi connectivity index (χ3v) is 6.62. The highest BCUT2D eigenvalue weighted by Crippen LogP contribution is 2.24.